The number of piperidine rings is 1. The average molecular weight is 477 g/mol. The molecule has 2 amide bonds. The fourth-order valence-electron chi connectivity index (χ4n) is 4.92. The van der Waals surface area contributed by atoms with Crippen LogP contribution in [0.1, 0.15) is 58.3 Å². The van der Waals surface area contributed by atoms with Crippen molar-refractivity contribution in [1.82, 2.24) is 20.4 Å². The van der Waals surface area contributed by atoms with E-state index in [0.717, 1.165) is 38.8 Å². The molecule has 10 nitrogen and oxygen atoms in total. The largest absolute Gasteiger partial charge is 0.450 e. The zero-order chi connectivity index (χ0) is 24.4. The quantitative estimate of drug-likeness (QED) is 0.444. The topological polar surface area (TPSA) is 119 Å². The van der Waals surface area contributed by atoms with Gasteiger partial charge in [-0.15, -0.1) is 0 Å². The Labute approximate surface area is 203 Å². The lowest BCUT2D eigenvalue weighted by Crippen LogP contribution is -2.56. The van der Waals surface area contributed by atoms with Crippen molar-refractivity contribution >= 4 is 18.0 Å². The third-order valence-electron chi connectivity index (χ3n) is 7.08. The highest BCUT2D eigenvalue weighted by atomic mass is 16.5. The molecule has 3 aliphatic rings. The Morgan fingerprint density at radius 3 is 2.47 bits per heavy atom. The van der Waals surface area contributed by atoms with E-state index in [1.165, 1.54) is 6.42 Å². The van der Waals surface area contributed by atoms with Crippen LogP contribution in [0, 0.1) is 17.2 Å². The molecular weight excluding hydrogens is 436 g/mol. The molecule has 1 saturated carbocycles. The number of hydrogen-bond acceptors (Lipinski definition) is 7. The fourth-order valence-corrected chi connectivity index (χ4v) is 4.92. The lowest BCUT2D eigenvalue weighted by Gasteiger charge is -2.37. The molecule has 2 N–H and O–H groups in total. The fraction of sp³-hybridized carbons (Fsp3) is 0.833. The molecule has 0 spiro atoms. The molecule has 1 aliphatic carbocycles. The van der Waals surface area contributed by atoms with Crippen LogP contribution in [-0.4, -0.2) is 92.4 Å². The van der Waals surface area contributed by atoms with Crippen molar-refractivity contribution in [2.75, 3.05) is 53.0 Å². The van der Waals surface area contributed by atoms with Crippen LogP contribution < -0.4 is 10.6 Å². The number of nitrogens with one attached hydrogen (secondary N) is 2. The Hall–Kier alpha value is -2.38. The Balaban J connectivity index is 1.83. The van der Waals surface area contributed by atoms with Gasteiger partial charge in [0, 0.05) is 26.2 Å². The number of nitriles is 1. The lowest BCUT2D eigenvalue weighted by atomic mass is 9.84. The van der Waals surface area contributed by atoms with Crippen LogP contribution in [0.25, 0.3) is 0 Å². The molecule has 3 fully saturated rings. The molecule has 0 bridgehead atoms. The van der Waals surface area contributed by atoms with Crippen molar-refractivity contribution in [2.45, 2.75) is 69.9 Å². The van der Waals surface area contributed by atoms with E-state index in [1.807, 2.05) is 11.9 Å². The van der Waals surface area contributed by atoms with Crippen LogP contribution in [0.3, 0.4) is 0 Å². The molecule has 2 saturated heterocycles. The minimum Gasteiger partial charge on any atom is -0.450 e. The van der Waals surface area contributed by atoms with E-state index < -0.39 is 17.7 Å². The first-order valence-electron chi connectivity index (χ1n) is 12.7. The third-order valence-corrected chi connectivity index (χ3v) is 7.08. The minimum absolute atomic E-state index is 0.243. The minimum atomic E-state index is -0.877. The summed E-state index contributed by atoms with van der Waals surface area (Å²) in [6.45, 7) is 5.68. The Morgan fingerprint density at radius 2 is 1.85 bits per heavy atom. The average Bonchev–Trinajstić information content (AvgIpc) is 2.86. The summed E-state index contributed by atoms with van der Waals surface area (Å²) in [4.78, 5) is 34.8. The molecule has 0 radical (unpaired) electrons. The van der Waals surface area contributed by atoms with Gasteiger partial charge in [0.1, 0.15) is 11.6 Å². The molecular formula is C24H40N6O4. The molecule has 0 aromatic carbocycles. The van der Waals surface area contributed by atoms with E-state index in [9.17, 15) is 14.9 Å². The number of guanidine groups is 1. The summed E-state index contributed by atoms with van der Waals surface area (Å²) in [6, 6.07) is 1.68. The van der Waals surface area contributed by atoms with Gasteiger partial charge < -0.3 is 24.6 Å². The molecule has 0 aromatic rings. The second-order valence-electron chi connectivity index (χ2n) is 9.64. The van der Waals surface area contributed by atoms with E-state index >= 15 is 0 Å². The third kappa shape index (κ3) is 7.57. The predicted octanol–water partition coefficient (Wildman–Crippen LogP) is 1.86. The summed E-state index contributed by atoms with van der Waals surface area (Å²) < 4.78 is 10.5. The molecule has 2 aliphatic heterocycles. The first-order valence-corrected chi connectivity index (χ1v) is 12.7. The monoisotopic (exact) mass is 476 g/mol. The van der Waals surface area contributed by atoms with Gasteiger partial charge in [0.15, 0.2) is 0 Å². The highest BCUT2D eigenvalue weighted by molar-refractivity contribution is 5.96. The van der Waals surface area contributed by atoms with E-state index in [0.29, 0.717) is 57.4 Å². The maximum atomic E-state index is 13.6. The second kappa shape index (κ2) is 12.9. The molecule has 1 atom stereocenters. The molecule has 10 heteroatoms. The maximum absolute atomic E-state index is 13.6. The number of carbonyl (C=O) groups is 2. The van der Waals surface area contributed by atoms with Crippen molar-refractivity contribution in [3.63, 3.8) is 0 Å². The van der Waals surface area contributed by atoms with Crippen LogP contribution in [0.5, 0.6) is 0 Å². The normalized spacial score (nSPS) is 23.0. The van der Waals surface area contributed by atoms with Crippen LogP contribution in [-0.2, 0) is 14.3 Å². The lowest BCUT2D eigenvalue weighted by molar-refractivity contribution is -0.124. The van der Waals surface area contributed by atoms with Crippen LogP contribution in [0.15, 0.2) is 4.99 Å². The molecule has 0 unspecified atom stereocenters. The SMILES string of the molecule is CCOC(=O)NC(=N[C@@H](CC1CCCCC1)C(=O)NC1(C#N)CCN(C)CC1)N1CCOCC1. The van der Waals surface area contributed by atoms with Gasteiger partial charge in [0.2, 0.25) is 11.9 Å². The van der Waals surface area contributed by atoms with E-state index in [2.05, 4.69) is 21.6 Å². The summed E-state index contributed by atoms with van der Waals surface area (Å²) in [7, 11) is 2.02. The van der Waals surface area contributed by atoms with Gasteiger partial charge in [-0.05, 0) is 39.2 Å². The first-order chi connectivity index (χ1) is 16.4. The summed E-state index contributed by atoms with van der Waals surface area (Å²) in [5.74, 6) is 0.498. The number of amides is 2. The van der Waals surface area contributed by atoms with Gasteiger partial charge in [-0.3, -0.25) is 10.1 Å². The summed E-state index contributed by atoms with van der Waals surface area (Å²) in [5.41, 5.74) is -0.877. The Kier molecular flexibility index (Phi) is 9.96. The van der Waals surface area contributed by atoms with Crippen LogP contribution >= 0.6 is 0 Å². The molecule has 190 valence electrons. The summed E-state index contributed by atoms with van der Waals surface area (Å²) in [5, 5.41) is 15.7. The smallest absolute Gasteiger partial charge is 0.413 e. The molecule has 3 rings (SSSR count). The number of ether oxygens (including phenoxy) is 2. The van der Waals surface area contributed by atoms with Crippen molar-refractivity contribution in [3.05, 3.63) is 0 Å². The molecule has 2 heterocycles. The number of aliphatic imine (C=N–C) groups is 1. The summed E-state index contributed by atoms with van der Waals surface area (Å²) >= 11 is 0. The number of nitrogens with zero attached hydrogens (tertiary/aromatic N) is 4. The van der Waals surface area contributed by atoms with E-state index in [4.69, 9.17) is 14.5 Å². The van der Waals surface area contributed by atoms with Gasteiger partial charge in [-0.2, -0.15) is 5.26 Å². The first kappa shape index (κ1) is 26.2. The van der Waals surface area contributed by atoms with Crippen molar-refractivity contribution in [1.29, 1.82) is 5.26 Å². The molecule has 34 heavy (non-hydrogen) atoms. The highest BCUT2D eigenvalue weighted by Crippen LogP contribution is 2.29. The maximum Gasteiger partial charge on any atom is 0.413 e. The standard InChI is InChI=1S/C24H40N6O4/c1-3-34-23(32)27-22(30-13-15-33-16-14-30)26-20(17-19-7-5-4-6-8-19)21(31)28-24(18-25)9-11-29(2)12-10-24/h19-20H,3-17H2,1-2H3,(H,28,31)(H,26,27,32)/t20-/m0/s1. The van der Waals surface area contributed by atoms with E-state index in [1.54, 1.807) is 6.92 Å². The zero-order valence-corrected chi connectivity index (χ0v) is 20.7. The number of carbonyl (C=O) groups excluding carboxylic acids is 2. The Morgan fingerprint density at radius 1 is 1.18 bits per heavy atom. The second-order valence-corrected chi connectivity index (χ2v) is 9.64. The van der Waals surface area contributed by atoms with Crippen LogP contribution in [0.4, 0.5) is 4.79 Å². The summed E-state index contributed by atoms with van der Waals surface area (Å²) in [6.07, 6.45) is 6.89. The number of alkyl carbamates (subject to hydrolysis) is 1. The van der Waals surface area contributed by atoms with Gasteiger partial charge in [-0.1, -0.05) is 32.1 Å². The predicted molar refractivity (Wildman–Crippen MR) is 128 cm³/mol. The van der Waals surface area contributed by atoms with Crippen LogP contribution in [0.2, 0.25) is 0 Å². The zero-order valence-electron chi connectivity index (χ0n) is 20.7. The number of rotatable bonds is 6. The van der Waals surface area contributed by atoms with Gasteiger partial charge in [0.05, 0.1) is 25.9 Å². The van der Waals surface area contributed by atoms with Crippen molar-refractivity contribution < 1.29 is 19.1 Å². The number of likely N-dealkylation sites (tertiary alicyclic amines) is 1. The number of hydrogen-bond donors (Lipinski definition) is 2. The van der Waals surface area contributed by atoms with Crippen molar-refractivity contribution in [3.8, 4) is 6.07 Å². The number of morpholine rings is 1. The Bertz CT molecular complexity index is 747. The van der Waals surface area contributed by atoms with Gasteiger partial charge in [0.25, 0.3) is 0 Å². The molecule has 0 aromatic heterocycles. The van der Waals surface area contributed by atoms with E-state index in [-0.39, 0.29) is 12.5 Å². The van der Waals surface area contributed by atoms with Crippen molar-refractivity contribution in [2.24, 2.45) is 10.9 Å². The highest BCUT2D eigenvalue weighted by Gasteiger charge is 2.38. The van der Waals surface area contributed by atoms with Gasteiger partial charge >= 0.3 is 6.09 Å². The van der Waals surface area contributed by atoms with Gasteiger partial charge in [-0.25, -0.2) is 9.79 Å².